The molecular weight excluding hydrogens is 310 g/mol. The van der Waals surface area contributed by atoms with Gasteiger partial charge in [0.05, 0.1) is 6.61 Å². The minimum absolute atomic E-state index is 0.169. The summed E-state index contributed by atoms with van der Waals surface area (Å²) in [4.78, 5) is 10.0. The highest BCUT2D eigenvalue weighted by atomic mass is 16.5. The quantitative estimate of drug-likeness (QED) is 0.283. The van der Waals surface area contributed by atoms with Crippen LogP contribution < -0.4 is 10.5 Å². The molecule has 0 spiro atoms. The third-order valence-corrected chi connectivity index (χ3v) is 3.17. The number of rotatable bonds is 16. The minimum atomic E-state index is 0.169. The van der Waals surface area contributed by atoms with E-state index in [1.165, 1.54) is 0 Å². The molecule has 0 saturated heterocycles. The second-order valence-corrected chi connectivity index (χ2v) is 5.30. The highest BCUT2D eigenvalue weighted by Crippen LogP contribution is 2.13. The van der Waals surface area contributed by atoms with Crippen molar-refractivity contribution in [3.8, 4) is 5.75 Å². The topological polar surface area (TPSA) is 80.0 Å². The summed E-state index contributed by atoms with van der Waals surface area (Å²) in [6, 6.07) is 7.38. The van der Waals surface area contributed by atoms with Gasteiger partial charge in [0.25, 0.3) is 0 Å². The van der Waals surface area contributed by atoms with E-state index in [1.54, 1.807) is 0 Å². The number of hydrogen-bond donors (Lipinski definition) is 1. The second-order valence-electron chi connectivity index (χ2n) is 5.30. The lowest BCUT2D eigenvalue weighted by Gasteiger charge is -2.07. The molecule has 0 unspecified atom stereocenters. The van der Waals surface area contributed by atoms with Crippen LogP contribution in [0.25, 0.3) is 0 Å². The van der Waals surface area contributed by atoms with Crippen molar-refractivity contribution >= 4 is 12.0 Å². The number of hydrogen-bond acceptors (Lipinski definition) is 6. The first-order valence-corrected chi connectivity index (χ1v) is 8.48. The summed E-state index contributed by atoms with van der Waals surface area (Å²) in [7, 11) is 0. The van der Waals surface area contributed by atoms with Crippen LogP contribution in [0.4, 0.5) is 5.69 Å². The van der Waals surface area contributed by atoms with Gasteiger partial charge in [-0.25, -0.2) is 0 Å². The van der Waals surface area contributed by atoms with Gasteiger partial charge >= 0.3 is 0 Å². The molecule has 2 N–H and O–H groups in total. The first-order chi connectivity index (χ1) is 11.8. The molecule has 6 nitrogen and oxygen atoms in total. The van der Waals surface area contributed by atoms with Crippen molar-refractivity contribution in [2.75, 3.05) is 52.0 Å². The van der Waals surface area contributed by atoms with E-state index in [0.29, 0.717) is 26.4 Å². The number of benzene rings is 1. The van der Waals surface area contributed by atoms with E-state index in [4.69, 9.17) is 24.7 Å². The molecule has 0 amide bonds. The summed E-state index contributed by atoms with van der Waals surface area (Å²) >= 11 is 0. The Bertz CT molecular complexity index is 410. The normalized spacial score (nSPS) is 10.7. The zero-order chi connectivity index (χ0) is 17.3. The first kappa shape index (κ1) is 20.4. The zero-order valence-electron chi connectivity index (χ0n) is 14.3. The molecule has 1 aromatic carbocycles. The molecule has 136 valence electrons. The molecule has 0 atom stereocenters. The van der Waals surface area contributed by atoms with E-state index >= 15 is 0 Å². The predicted molar refractivity (Wildman–Crippen MR) is 93.3 cm³/mol. The summed E-state index contributed by atoms with van der Waals surface area (Å²) in [6.45, 7) is 4.22. The van der Waals surface area contributed by atoms with Crippen molar-refractivity contribution < 1.29 is 23.7 Å². The molecule has 0 heterocycles. The molecule has 1 aromatic rings. The fraction of sp³-hybridized carbons (Fsp3) is 0.611. The summed E-state index contributed by atoms with van der Waals surface area (Å²) in [5, 5.41) is 0. The van der Waals surface area contributed by atoms with Crippen LogP contribution in [-0.2, 0) is 19.0 Å². The number of nitrogen functional groups attached to an aromatic ring is 1. The summed E-state index contributed by atoms with van der Waals surface area (Å²) in [6.07, 6.45) is 4.41. The number of aldehydes is 1. The maximum Gasteiger partial charge on any atom is 0.145 e. The fourth-order valence-electron chi connectivity index (χ4n) is 1.92. The predicted octanol–water partition coefficient (Wildman–Crippen LogP) is 2.46. The molecule has 0 saturated carbocycles. The smallest absolute Gasteiger partial charge is 0.145 e. The van der Waals surface area contributed by atoms with Crippen LogP contribution in [0, 0.1) is 0 Å². The third-order valence-electron chi connectivity index (χ3n) is 3.17. The number of ether oxygens (including phenoxy) is 4. The lowest BCUT2D eigenvalue weighted by atomic mass is 10.3. The first-order valence-electron chi connectivity index (χ1n) is 8.48. The standard InChI is InChI=1S/C18H29NO5/c19-17-5-7-18(8-6-17)24-15-4-14-22-11-2-1-10-21-12-3-13-23-16-9-20/h5-9H,1-4,10-16,19H2. The Hall–Kier alpha value is -1.63. The SMILES string of the molecule is Nc1ccc(OCCCOCCCCOCCCOCC=O)cc1. The van der Waals surface area contributed by atoms with Crippen LogP contribution in [0.1, 0.15) is 25.7 Å². The molecule has 24 heavy (non-hydrogen) atoms. The van der Waals surface area contributed by atoms with Gasteiger partial charge in [0.2, 0.25) is 0 Å². The van der Waals surface area contributed by atoms with E-state index < -0.39 is 0 Å². The lowest BCUT2D eigenvalue weighted by molar-refractivity contribution is -0.112. The van der Waals surface area contributed by atoms with Gasteiger partial charge in [0, 0.05) is 45.1 Å². The number of carbonyl (C=O) groups is 1. The van der Waals surface area contributed by atoms with Crippen LogP contribution in [0.3, 0.4) is 0 Å². The van der Waals surface area contributed by atoms with Crippen molar-refractivity contribution in [2.24, 2.45) is 0 Å². The van der Waals surface area contributed by atoms with Crippen LogP contribution in [0.2, 0.25) is 0 Å². The molecule has 0 aliphatic heterocycles. The van der Waals surface area contributed by atoms with E-state index in [9.17, 15) is 4.79 Å². The van der Waals surface area contributed by atoms with Crippen molar-refractivity contribution in [1.82, 2.24) is 0 Å². The average molecular weight is 339 g/mol. The van der Waals surface area contributed by atoms with Gasteiger partial charge in [0.15, 0.2) is 0 Å². The highest BCUT2D eigenvalue weighted by molar-refractivity contribution is 5.50. The third kappa shape index (κ3) is 11.9. The number of nitrogens with two attached hydrogens (primary N) is 1. The second kappa shape index (κ2) is 14.9. The Balaban J connectivity index is 1.76. The summed E-state index contributed by atoms with van der Waals surface area (Å²) in [5.41, 5.74) is 6.35. The zero-order valence-corrected chi connectivity index (χ0v) is 14.3. The Morgan fingerprint density at radius 1 is 0.750 bits per heavy atom. The molecule has 0 bridgehead atoms. The van der Waals surface area contributed by atoms with Gasteiger partial charge in [-0.15, -0.1) is 0 Å². The van der Waals surface area contributed by atoms with Gasteiger partial charge in [-0.2, -0.15) is 0 Å². The molecule has 0 fully saturated rings. The van der Waals surface area contributed by atoms with Crippen molar-refractivity contribution in [3.05, 3.63) is 24.3 Å². The Kier molecular flexibility index (Phi) is 12.7. The van der Waals surface area contributed by atoms with Crippen molar-refractivity contribution in [3.63, 3.8) is 0 Å². The number of unbranched alkanes of at least 4 members (excludes halogenated alkanes) is 1. The Morgan fingerprint density at radius 2 is 1.29 bits per heavy atom. The van der Waals surface area contributed by atoms with Gasteiger partial charge in [0.1, 0.15) is 18.6 Å². The molecule has 1 rings (SSSR count). The molecular formula is C18H29NO5. The van der Waals surface area contributed by atoms with Crippen LogP contribution in [0.15, 0.2) is 24.3 Å². The maximum absolute atomic E-state index is 10.0. The Labute approximate surface area is 144 Å². The van der Waals surface area contributed by atoms with Gasteiger partial charge in [-0.05, 0) is 43.5 Å². The molecule has 0 aliphatic rings. The van der Waals surface area contributed by atoms with Crippen molar-refractivity contribution in [1.29, 1.82) is 0 Å². The van der Waals surface area contributed by atoms with E-state index in [1.807, 2.05) is 24.3 Å². The molecule has 6 heteroatoms. The van der Waals surface area contributed by atoms with E-state index in [-0.39, 0.29) is 6.61 Å². The molecule has 0 aliphatic carbocycles. The fourth-order valence-corrected chi connectivity index (χ4v) is 1.92. The van der Waals surface area contributed by atoms with Crippen LogP contribution in [0.5, 0.6) is 5.75 Å². The van der Waals surface area contributed by atoms with E-state index in [2.05, 4.69) is 0 Å². The van der Waals surface area contributed by atoms with Crippen LogP contribution in [-0.4, -0.2) is 52.5 Å². The lowest BCUT2D eigenvalue weighted by Crippen LogP contribution is -2.06. The summed E-state index contributed by atoms with van der Waals surface area (Å²) < 4.78 is 21.6. The van der Waals surface area contributed by atoms with Crippen LogP contribution >= 0.6 is 0 Å². The van der Waals surface area contributed by atoms with Gasteiger partial charge in [-0.1, -0.05) is 0 Å². The maximum atomic E-state index is 10.0. The van der Waals surface area contributed by atoms with Gasteiger partial charge in [-0.3, -0.25) is 0 Å². The number of carbonyl (C=O) groups excluding carboxylic acids is 1. The molecule has 0 aromatic heterocycles. The largest absolute Gasteiger partial charge is 0.494 e. The summed E-state index contributed by atoms with van der Waals surface area (Å²) in [5.74, 6) is 0.831. The Morgan fingerprint density at radius 3 is 1.92 bits per heavy atom. The highest BCUT2D eigenvalue weighted by Gasteiger charge is 1.95. The molecule has 0 radical (unpaired) electrons. The monoisotopic (exact) mass is 339 g/mol. The van der Waals surface area contributed by atoms with Crippen molar-refractivity contribution in [2.45, 2.75) is 25.7 Å². The number of anilines is 1. The average Bonchev–Trinajstić information content (AvgIpc) is 2.60. The van der Waals surface area contributed by atoms with Gasteiger partial charge < -0.3 is 29.5 Å². The van der Waals surface area contributed by atoms with E-state index in [0.717, 1.165) is 56.6 Å². The minimum Gasteiger partial charge on any atom is -0.494 e.